The Kier molecular flexibility index (Phi) is 5.65. The molecule has 5 heteroatoms. The molecule has 1 aliphatic rings. The van der Waals surface area contributed by atoms with Crippen molar-refractivity contribution in [2.24, 2.45) is 0 Å². The average molecular weight is 600 g/mol. The van der Waals surface area contributed by atoms with E-state index in [-0.39, 0.29) is 10.8 Å². The zero-order valence-electron chi connectivity index (χ0n) is 26.4. The van der Waals surface area contributed by atoms with E-state index in [1.165, 1.54) is 17.5 Å². The van der Waals surface area contributed by atoms with Gasteiger partial charge in [-0.2, -0.15) is 0 Å². The fourth-order valence-electron chi connectivity index (χ4n) is 7.22. The smallest absolute Gasteiger partial charge is 0.164 e. The second-order valence-electron chi connectivity index (χ2n) is 14.0. The summed E-state index contributed by atoms with van der Waals surface area (Å²) < 4.78 is 12.5. The minimum Gasteiger partial charge on any atom is -0.456 e. The Morgan fingerprint density at radius 3 is 1.37 bits per heavy atom. The fourth-order valence-corrected chi connectivity index (χ4v) is 7.22. The molecule has 0 radical (unpaired) electrons. The molecule has 0 bridgehead atoms. The van der Waals surface area contributed by atoms with Gasteiger partial charge in [-0.3, -0.25) is 0 Å². The summed E-state index contributed by atoms with van der Waals surface area (Å²) in [5, 5.41) is 4.34. The van der Waals surface area contributed by atoms with Crippen LogP contribution in [-0.2, 0) is 10.8 Å². The standard InChI is InChI=1S/C41H33N3O2/c1-40(2)19-20-41(3,4)32-21-24(15-18-31(32)40)37-42-38(25-13-16-29-27-9-5-7-11-33(27)45-35(29)22-25)44-39(43-37)26-14-17-30-28-10-6-8-12-34(28)46-36(30)23-26/h5-18,21-23H,19-20H2,1-4H3. The molecule has 0 fully saturated rings. The third-order valence-electron chi connectivity index (χ3n) is 10.0. The van der Waals surface area contributed by atoms with Gasteiger partial charge in [0, 0.05) is 38.2 Å². The fraction of sp³-hybridized carbons (Fsp3) is 0.195. The van der Waals surface area contributed by atoms with E-state index in [4.69, 9.17) is 23.8 Å². The molecule has 0 unspecified atom stereocenters. The van der Waals surface area contributed by atoms with Gasteiger partial charge in [0.1, 0.15) is 22.3 Å². The average Bonchev–Trinajstić information content (AvgIpc) is 3.64. The Balaban J connectivity index is 1.25. The number of rotatable bonds is 3. The number of hydrogen-bond donors (Lipinski definition) is 0. The first-order chi connectivity index (χ1) is 22.2. The molecule has 0 saturated heterocycles. The first kappa shape index (κ1) is 27.1. The van der Waals surface area contributed by atoms with Crippen LogP contribution in [0.5, 0.6) is 0 Å². The summed E-state index contributed by atoms with van der Waals surface area (Å²) in [5.41, 5.74) is 9.07. The van der Waals surface area contributed by atoms with Crippen molar-refractivity contribution in [1.82, 2.24) is 15.0 Å². The Morgan fingerprint density at radius 2 is 0.848 bits per heavy atom. The molecule has 0 saturated carbocycles. The van der Waals surface area contributed by atoms with Gasteiger partial charge in [0.05, 0.1) is 0 Å². The lowest BCUT2D eigenvalue weighted by Crippen LogP contribution is -2.33. The predicted octanol–water partition coefficient (Wildman–Crippen LogP) is 11.0. The van der Waals surface area contributed by atoms with Gasteiger partial charge in [-0.25, -0.2) is 15.0 Å². The second kappa shape index (κ2) is 9.60. The van der Waals surface area contributed by atoms with Gasteiger partial charge in [-0.1, -0.05) is 88.4 Å². The number of nitrogens with zero attached hydrogens (tertiary/aromatic N) is 3. The normalized spacial score (nSPS) is 15.6. The highest BCUT2D eigenvalue weighted by atomic mass is 16.3. The molecule has 0 amide bonds. The van der Waals surface area contributed by atoms with Gasteiger partial charge in [0.15, 0.2) is 17.5 Å². The van der Waals surface area contributed by atoms with Crippen LogP contribution in [0, 0.1) is 0 Å². The van der Waals surface area contributed by atoms with Crippen LogP contribution in [0.1, 0.15) is 51.7 Å². The third-order valence-corrected chi connectivity index (χ3v) is 10.0. The summed E-state index contributed by atoms with van der Waals surface area (Å²) in [4.78, 5) is 15.3. The van der Waals surface area contributed by atoms with E-state index in [2.05, 4.69) is 82.3 Å². The van der Waals surface area contributed by atoms with Gasteiger partial charge in [-0.15, -0.1) is 0 Å². The van der Waals surface area contributed by atoms with E-state index in [1.54, 1.807) is 0 Å². The Labute approximate surface area is 266 Å². The van der Waals surface area contributed by atoms with Gasteiger partial charge >= 0.3 is 0 Å². The summed E-state index contributed by atoms with van der Waals surface area (Å²) >= 11 is 0. The number of benzene rings is 5. The number of hydrogen-bond acceptors (Lipinski definition) is 5. The number of para-hydroxylation sites is 2. The lowest BCUT2D eigenvalue weighted by molar-refractivity contribution is 0.332. The Bertz CT molecular complexity index is 2370. The van der Waals surface area contributed by atoms with Gasteiger partial charge in [0.25, 0.3) is 0 Å². The van der Waals surface area contributed by atoms with Crippen LogP contribution in [0.3, 0.4) is 0 Å². The summed E-state index contributed by atoms with van der Waals surface area (Å²) in [5.74, 6) is 1.85. The predicted molar refractivity (Wildman–Crippen MR) is 186 cm³/mol. The first-order valence-corrected chi connectivity index (χ1v) is 16.0. The maximum absolute atomic E-state index is 6.24. The van der Waals surface area contributed by atoms with E-state index >= 15 is 0 Å². The van der Waals surface area contributed by atoms with Crippen LogP contribution < -0.4 is 0 Å². The van der Waals surface area contributed by atoms with Crippen LogP contribution >= 0.6 is 0 Å². The lowest BCUT2D eigenvalue weighted by Gasteiger charge is -2.42. The maximum Gasteiger partial charge on any atom is 0.164 e. The lowest BCUT2D eigenvalue weighted by atomic mass is 9.63. The van der Waals surface area contributed by atoms with Crippen LogP contribution in [0.2, 0.25) is 0 Å². The van der Waals surface area contributed by atoms with Gasteiger partial charge in [0.2, 0.25) is 0 Å². The number of fused-ring (bicyclic) bond motifs is 7. The quantitative estimate of drug-likeness (QED) is 0.202. The molecule has 5 aromatic carbocycles. The molecule has 224 valence electrons. The highest BCUT2D eigenvalue weighted by molar-refractivity contribution is 6.06. The maximum atomic E-state index is 6.24. The molecule has 0 aliphatic heterocycles. The highest BCUT2D eigenvalue weighted by Gasteiger charge is 2.37. The van der Waals surface area contributed by atoms with Crippen molar-refractivity contribution < 1.29 is 8.83 Å². The molecule has 3 aromatic heterocycles. The second-order valence-corrected chi connectivity index (χ2v) is 14.0. The minimum absolute atomic E-state index is 0.0677. The van der Waals surface area contributed by atoms with Crippen molar-refractivity contribution in [2.45, 2.75) is 51.4 Å². The molecular weight excluding hydrogens is 566 g/mol. The monoisotopic (exact) mass is 599 g/mol. The molecule has 0 N–H and O–H groups in total. The molecule has 8 aromatic rings. The summed E-state index contributed by atoms with van der Waals surface area (Å²) in [7, 11) is 0. The van der Waals surface area contributed by atoms with E-state index in [0.717, 1.165) is 67.0 Å². The zero-order valence-corrected chi connectivity index (χ0v) is 26.4. The van der Waals surface area contributed by atoms with Crippen molar-refractivity contribution in [3.63, 3.8) is 0 Å². The van der Waals surface area contributed by atoms with E-state index in [9.17, 15) is 0 Å². The SMILES string of the molecule is CC1(C)CCC(C)(C)c2cc(-c3nc(-c4ccc5c(c4)oc4ccccc45)nc(-c4ccc5c(c4)oc4ccccc45)n3)ccc21. The summed E-state index contributed by atoms with van der Waals surface area (Å²) in [6.07, 6.45) is 2.31. The molecule has 5 nitrogen and oxygen atoms in total. The summed E-state index contributed by atoms with van der Waals surface area (Å²) in [6, 6.07) is 35.5. The van der Waals surface area contributed by atoms with Crippen molar-refractivity contribution in [2.75, 3.05) is 0 Å². The third kappa shape index (κ3) is 4.18. The molecule has 0 atom stereocenters. The molecule has 9 rings (SSSR count). The van der Waals surface area contributed by atoms with E-state index < -0.39 is 0 Å². The zero-order chi connectivity index (χ0) is 31.2. The molecule has 0 spiro atoms. The first-order valence-electron chi connectivity index (χ1n) is 16.0. The van der Waals surface area contributed by atoms with Crippen LogP contribution in [0.4, 0.5) is 0 Å². The molecule has 1 aliphatic carbocycles. The summed E-state index contributed by atoms with van der Waals surface area (Å²) in [6.45, 7) is 9.39. The van der Waals surface area contributed by atoms with Crippen LogP contribution in [-0.4, -0.2) is 15.0 Å². The van der Waals surface area contributed by atoms with Crippen LogP contribution in [0.15, 0.2) is 112 Å². The number of furan rings is 2. The van der Waals surface area contributed by atoms with Gasteiger partial charge in [-0.05, 0) is 77.3 Å². The molecular formula is C41H33N3O2. The van der Waals surface area contributed by atoms with E-state index in [1.807, 2.05) is 48.5 Å². The van der Waals surface area contributed by atoms with Crippen molar-refractivity contribution in [3.05, 3.63) is 114 Å². The van der Waals surface area contributed by atoms with Crippen LogP contribution in [0.25, 0.3) is 78.0 Å². The van der Waals surface area contributed by atoms with Crippen molar-refractivity contribution >= 4 is 43.9 Å². The largest absolute Gasteiger partial charge is 0.456 e. The Morgan fingerprint density at radius 1 is 0.435 bits per heavy atom. The van der Waals surface area contributed by atoms with E-state index in [0.29, 0.717) is 17.5 Å². The Hall–Kier alpha value is -5.29. The highest BCUT2D eigenvalue weighted by Crippen LogP contribution is 2.47. The van der Waals surface area contributed by atoms with Crippen molar-refractivity contribution in [3.8, 4) is 34.2 Å². The molecule has 3 heterocycles. The van der Waals surface area contributed by atoms with Crippen molar-refractivity contribution in [1.29, 1.82) is 0 Å². The molecule has 46 heavy (non-hydrogen) atoms. The minimum atomic E-state index is 0.0677. The van der Waals surface area contributed by atoms with Gasteiger partial charge < -0.3 is 8.83 Å². The number of aromatic nitrogens is 3. The topological polar surface area (TPSA) is 65.0 Å².